The van der Waals surface area contributed by atoms with Crippen molar-refractivity contribution in [3.8, 4) is 20.3 Å². The summed E-state index contributed by atoms with van der Waals surface area (Å²) in [7, 11) is -3.64. The molecule has 3 N–H and O–H groups in total. The Morgan fingerprint density at radius 1 is 0.951 bits per heavy atom. The number of aromatic amines is 2. The van der Waals surface area contributed by atoms with Crippen LogP contribution < -0.4 is 10.3 Å². The third-order valence-electron chi connectivity index (χ3n) is 6.70. The molecule has 0 aliphatic carbocycles. The molecule has 6 aromatic rings. The summed E-state index contributed by atoms with van der Waals surface area (Å²) in [6.07, 6.45) is 2.51. The van der Waals surface area contributed by atoms with Gasteiger partial charge in [-0.1, -0.05) is 48.2 Å². The van der Waals surface area contributed by atoms with E-state index in [1.807, 2.05) is 48.0 Å². The molecule has 0 aliphatic heterocycles. The molecule has 0 aliphatic rings. The maximum absolute atomic E-state index is 12.9. The fourth-order valence-corrected chi connectivity index (χ4v) is 8.23. The highest BCUT2D eigenvalue weighted by molar-refractivity contribution is 7.98. The lowest BCUT2D eigenvalue weighted by Gasteiger charge is -2.08. The Kier molecular flexibility index (Phi) is 7.96. The molecule has 0 unspecified atom stereocenters. The molecule has 0 radical (unpaired) electrons. The van der Waals surface area contributed by atoms with Gasteiger partial charge in [0.15, 0.2) is 5.16 Å². The zero-order chi connectivity index (χ0) is 28.4. The molecule has 0 saturated carbocycles. The van der Waals surface area contributed by atoms with Crippen LogP contribution in [0.25, 0.3) is 31.2 Å². The predicted octanol–water partition coefficient (Wildman–Crippen LogP) is 6.83. The van der Waals surface area contributed by atoms with E-state index in [4.69, 9.17) is 4.98 Å². The number of fused-ring (bicyclic) bond motifs is 1. The minimum absolute atomic E-state index is 0.163. The molecule has 4 aromatic heterocycles. The van der Waals surface area contributed by atoms with Gasteiger partial charge in [0, 0.05) is 44.7 Å². The quantitative estimate of drug-likeness (QED) is 0.115. The molecule has 11 heteroatoms. The molecule has 208 valence electrons. The number of aromatic nitrogens is 3. The van der Waals surface area contributed by atoms with Crippen molar-refractivity contribution < 1.29 is 8.42 Å². The minimum Gasteiger partial charge on any atom is -0.361 e. The van der Waals surface area contributed by atoms with Gasteiger partial charge in [0.25, 0.3) is 5.56 Å². The number of benzene rings is 2. The number of para-hydroxylation sites is 1. The van der Waals surface area contributed by atoms with E-state index >= 15 is 0 Å². The Labute approximate surface area is 249 Å². The van der Waals surface area contributed by atoms with Crippen LogP contribution in [0.4, 0.5) is 0 Å². The van der Waals surface area contributed by atoms with Crippen LogP contribution >= 0.6 is 34.4 Å². The van der Waals surface area contributed by atoms with Crippen molar-refractivity contribution in [2.45, 2.75) is 29.1 Å². The van der Waals surface area contributed by atoms with Gasteiger partial charge in [0.2, 0.25) is 10.0 Å². The molecule has 0 atom stereocenters. The van der Waals surface area contributed by atoms with Crippen molar-refractivity contribution >= 4 is 55.4 Å². The molecule has 6 rings (SSSR count). The minimum atomic E-state index is -3.64. The number of thiophene rings is 2. The first-order valence-electron chi connectivity index (χ1n) is 12.9. The molecule has 0 spiro atoms. The predicted molar refractivity (Wildman–Crippen MR) is 169 cm³/mol. The van der Waals surface area contributed by atoms with Gasteiger partial charge in [-0.05, 0) is 66.2 Å². The highest BCUT2D eigenvalue weighted by Crippen LogP contribution is 2.36. The number of nitrogens with one attached hydrogen (secondary N) is 3. The maximum Gasteiger partial charge on any atom is 0.255 e. The van der Waals surface area contributed by atoms with E-state index < -0.39 is 10.0 Å². The Balaban J connectivity index is 1.09. The summed E-state index contributed by atoms with van der Waals surface area (Å²) < 4.78 is 28.4. The van der Waals surface area contributed by atoms with E-state index in [9.17, 15) is 13.2 Å². The molecule has 0 bridgehead atoms. The van der Waals surface area contributed by atoms with Gasteiger partial charge >= 0.3 is 0 Å². The standard InChI is InChI=1S/C30H26N4O3S4/c1-19-28(27-13-12-26(40-27)25-7-4-16-38-25)33-30(34-29(19)35)39-18-20-8-10-22(11-9-20)41(36,37)32-15-14-21-17-31-24-6-3-2-5-23(21)24/h2-13,16-17,31-32H,14-15,18H2,1H3,(H,33,34,35). The Hall–Kier alpha value is -3.48. The number of H-pyrrole nitrogens is 2. The average molecular weight is 619 g/mol. The van der Waals surface area contributed by atoms with Crippen LogP contribution in [0.5, 0.6) is 0 Å². The summed E-state index contributed by atoms with van der Waals surface area (Å²) in [4.78, 5) is 27.0. The van der Waals surface area contributed by atoms with Crippen molar-refractivity contribution in [1.29, 1.82) is 0 Å². The number of rotatable bonds is 10. The average Bonchev–Trinajstić information content (AvgIpc) is 3.75. The van der Waals surface area contributed by atoms with Crippen molar-refractivity contribution in [1.82, 2.24) is 19.7 Å². The van der Waals surface area contributed by atoms with Gasteiger partial charge in [-0.3, -0.25) is 4.79 Å². The van der Waals surface area contributed by atoms with Gasteiger partial charge in [-0.25, -0.2) is 18.1 Å². The second-order valence-electron chi connectivity index (χ2n) is 9.43. The van der Waals surface area contributed by atoms with Gasteiger partial charge in [0.1, 0.15) is 0 Å². The summed E-state index contributed by atoms with van der Waals surface area (Å²) in [6, 6.07) is 22.9. The van der Waals surface area contributed by atoms with Gasteiger partial charge in [-0.2, -0.15) is 0 Å². The molecule has 41 heavy (non-hydrogen) atoms. The Bertz CT molecular complexity index is 1970. The first-order chi connectivity index (χ1) is 19.9. The summed E-state index contributed by atoms with van der Waals surface area (Å²) in [5, 5.41) is 3.67. The molecule has 2 aromatic carbocycles. The molecular weight excluding hydrogens is 593 g/mol. The lowest BCUT2D eigenvalue weighted by atomic mass is 10.1. The molecular formula is C30H26N4O3S4. The largest absolute Gasteiger partial charge is 0.361 e. The third-order valence-corrected chi connectivity index (χ3v) is 11.3. The second kappa shape index (κ2) is 11.8. The number of thioether (sulfide) groups is 1. The van der Waals surface area contributed by atoms with Crippen molar-refractivity contribution in [2.75, 3.05) is 6.54 Å². The second-order valence-corrected chi connectivity index (χ2v) is 14.2. The summed E-state index contributed by atoms with van der Waals surface area (Å²) in [6.45, 7) is 2.09. The normalized spacial score (nSPS) is 11.8. The summed E-state index contributed by atoms with van der Waals surface area (Å²) in [5.74, 6) is 0.532. The van der Waals surface area contributed by atoms with E-state index in [0.29, 0.717) is 35.1 Å². The van der Waals surface area contributed by atoms with Crippen LogP contribution in [0.15, 0.2) is 99.2 Å². The fraction of sp³-hybridized carbons (Fsp3) is 0.133. The van der Waals surface area contributed by atoms with Crippen LogP contribution in [0.1, 0.15) is 16.7 Å². The number of nitrogens with zero attached hydrogens (tertiary/aromatic N) is 1. The van der Waals surface area contributed by atoms with Crippen molar-refractivity contribution in [3.63, 3.8) is 0 Å². The number of sulfonamides is 1. The van der Waals surface area contributed by atoms with Crippen LogP contribution in [-0.2, 0) is 22.2 Å². The van der Waals surface area contributed by atoms with E-state index in [1.54, 1.807) is 53.9 Å². The Morgan fingerprint density at radius 3 is 2.56 bits per heavy atom. The molecule has 0 saturated heterocycles. The van der Waals surface area contributed by atoms with E-state index in [1.165, 1.54) is 16.6 Å². The van der Waals surface area contributed by atoms with E-state index in [2.05, 4.69) is 26.8 Å². The Morgan fingerprint density at radius 2 is 1.76 bits per heavy atom. The highest BCUT2D eigenvalue weighted by atomic mass is 32.2. The smallest absolute Gasteiger partial charge is 0.255 e. The number of hydrogen-bond donors (Lipinski definition) is 3. The van der Waals surface area contributed by atoms with Gasteiger partial charge in [-0.15, -0.1) is 22.7 Å². The van der Waals surface area contributed by atoms with Gasteiger partial charge < -0.3 is 9.97 Å². The molecule has 0 fully saturated rings. The highest BCUT2D eigenvalue weighted by Gasteiger charge is 2.16. The molecule has 7 nitrogen and oxygen atoms in total. The lowest BCUT2D eigenvalue weighted by molar-refractivity contribution is 0.581. The first-order valence-corrected chi connectivity index (χ1v) is 17.1. The lowest BCUT2D eigenvalue weighted by Crippen LogP contribution is -2.25. The first kappa shape index (κ1) is 27.7. The SMILES string of the molecule is Cc1c(-c2ccc(-c3cccs3)s2)nc(SCc2ccc(S(=O)(=O)NCCc3c[nH]c4ccccc34)cc2)[nH]c1=O. The van der Waals surface area contributed by atoms with Crippen LogP contribution in [0.3, 0.4) is 0 Å². The maximum atomic E-state index is 12.9. The molecule has 0 amide bonds. The molecule has 4 heterocycles. The zero-order valence-corrected chi connectivity index (χ0v) is 25.3. The summed E-state index contributed by atoms with van der Waals surface area (Å²) >= 11 is 4.71. The van der Waals surface area contributed by atoms with Gasteiger partial charge in [0.05, 0.1) is 15.5 Å². The van der Waals surface area contributed by atoms with Crippen LogP contribution in [0.2, 0.25) is 0 Å². The number of hydrogen-bond acceptors (Lipinski definition) is 7. The zero-order valence-electron chi connectivity index (χ0n) is 22.0. The van der Waals surface area contributed by atoms with E-state index in [0.717, 1.165) is 31.8 Å². The topological polar surface area (TPSA) is 108 Å². The third kappa shape index (κ3) is 6.09. The fourth-order valence-electron chi connectivity index (χ4n) is 4.49. The van der Waals surface area contributed by atoms with Crippen LogP contribution in [-0.4, -0.2) is 29.9 Å². The van der Waals surface area contributed by atoms with E-state index in [-0.39, 0.29) is 10.5 Å². The summed E-state index contributed by atoms with van der Waals surface area (Å²) in [5.41, 5.74) is 4.14. The van der Waals surface area contributed by atoms with Crippen LogP contribution in [0, 0.1) is 6.92 Å². The van der Waals surface area contributed by atoms with Crippen molar-refractivity contribution in [2.24, 2.45) is 0 Å². The van der Waals surface area contributed by atoms with Crippen molar-refractivity contribution in [3.05, 3.63) is 111 Å². The monoisotopic (exact) mass is 618 g/mol.